The highest BCUT2D eigenvalue weighted by Gasteiger charge is 2.29. The quantitative estimate of drug-likeness (QED) is 0.277. The first-order chi connectivity index (χ1) is 18.9. The molecule has 0 saturated heterocycles. The molecule has 1 aliphatic rings. The monoisotopic (exact) mass is 544 g/mol. The van der Waals surface area contributed by atoms with E-state index >= 15 is 0 Å². The lowest BCUT2D eigenvalue weighted by atomic mass is 10.1. The first kappa shape index (κ1) is 26.3. The molecule has 0 bridgehead atoms. The van der Waals surface area contributed by atoms with Crippen LogP contribution < -0.4 is 14.8 Å². The Morgan fingerprint density at radius 3 is 2.44 bits per heavy atom. The largest absolute Gasteiger partial charge is 0.497 e. The van der Waals surface area contributed by atoms with Crippen molar-refractivity contribution >= 4 is 29.4 Å². The minimum Gasteiger partial charge on any atom is -0.497 e. The second-order valence-electron chi connectivity index (χ2n) is 9.41. The van der Waals surface area contributed by atoms with Crippen LogP contribution in [0.3, 0.4) is 0 Å². The topological polar surface area (TPSA) is 85.7 Å². The number of imidazole rings is 1. The van der Waals surface area contributed by atoms with Crippen LogP contribution in [0, 0.1) is 5.92 Å². The van der Waals surface area contributed by atoms with Crippen LogP contribution in [0.15, 0.2) is 79.0 Å². The number of ether oxygens (including phenoxy) is 2. The van der Waals surface area contributed by atoms with Crippen LogP contribution in [0.5, 0.6) is 11.5 Å². The Bertz CT molecular complexity index is 1480. The van der Waals surface area contributed by atoms with Crippen LogP contribution in [0.2, 0.25) is 5.02 Å². The van der Waals surface area contributed by atoms with Gasteiger partial charge in [-0.25, -0.2) is 4.98 Å². The molecular formula is C30H29ClN4O4. The first-order valence-electron chi connectivity index (χ1n) is 12.7. The van der Waals surface area contributed by atoms with Crippen molar-refractivity contribution < 1.29 is 19.1 Å². The Morgan fingerprint density at radius 1 is 1.00 bits per heavy atom. The maximum Gasteiger partial charge on any atom is 0.255 e. The van der Waals surface area contributed by atoms with E-state index in [0.29, 0.717) is 46.2 Å². The van der Waals surface area contributed by atoms with Gasteiger partial charge in [0.05, 0.1) is 30.5 Å². The highest BCUT2D eigenvalue weighted by Crippen LogP contribution is 2.31. The molecule has 1 fully saturated rings. The molecule has 4 aromatic rings. The van der Waals surface area contributed by atoms with Gasteiger partial charge in [-0.1, -0.05) is 35.9 Å². The predicted octanol–water partition coefficient (Wildman–Crippen LogP) is 5.70. The van der Waals surface area contributed by atoms with Gasteiger partial charge in [-0.15, -0.1) is 0 Å². The third kappa shape index (κ3) is 6.23. The molecular weight excluding hydrogens is 516 g/mol. The molecule has 0 aliphatic heterocycles. The Labute approximate surface area is 232 Å². The molecule has 5 rings (SSSR count). The number of carbonyl (C=O) groups excluding carboxylic acids is 2. The van der Waals surface area contributed by atoms with E-state index in [0.717, 1.165) is 24.1 Å². The zero-order chi connectivity index (χ0) is 27.4. The summed E-state index contributed by atoms with van der Waals surface area (Å²) in [6.45, 7) is 0.379. The summed E-state index contributed by atoms with van der Waals surface area (Å²) < 4.78 is 12.5. The summed E-state index contributed by atoms with van der Waals surface area (Å²) in [5, 5.41) is 3.29. The molecule has 9 heteroatoms. The number of anilines is 1. The van der Waals surface area contributed by atoms with Gasteiger partial charge in [-0.3, -0.25) is 19.5 Å². The summed E-state index contributed by atoms with van der Waals surface area (Å²) in [4.78, 5) is 33.0. The molecule has 1 heterocycles. The fourth-order valence-electron chi connectivity index (χ4n) is 4.30. The number of benzene rings is 3. The van der Waals surface area contributed by atoms with Crippen molar-refractivity contribution in [2.24, 2.45) is 5.92 Å². The highest BCUT2D eigenvalue weighted by atomic mass is 35.5. The average molecular weight is 545 g/mol. The molecule has 0 spiro atoms. The number of aromatic nitrogens is 2. The van der Waals surface area contributed by atoms with Gasteiger partial charge in [0, 0.05) is 24.0 Å². The maximum absolute atomic E-state index is 13.3. The lowest BCUT2D eigenvalue weighted by Gasteiger charge is -2.22. The minimum atomic E-state index is -0.353. The molecule has 8 nitrogen and oxygen atoms in total. The summed E-state index contributed by atoms with van der Waals surface area (Å²) in [7, 11) is 3.22. The second kappa shape index (κ2) is 11.6. The van der Waals surface area contributed by atoms with Gasteiger partial charge in [0.15, 0.2) is 0 Å². The SMILES string of the molecule is COc1ccc(-n2cc(-c3cccc(OC)c3)nc2NC(=O)CN(CC2CC2)C(=O)c2ccccc2Cl)cc1. The number of carbonyl (C=O) groups is 2. The fourth-order valence-corrected chi connectivity index (χ4v) is 4.52. The van der Waals surface area contributed by atoms with Crippen molar-refractivity contribution in [1.29, 1.82) is 0 Å². The van der Waals surface area contributed by atoms with Crippen LogP contribution in [-0.2, 0) is 4.79 Å². The molecule has 2 amide bonds. The van der Waals surface area contributed by atoms with Crippen LogP contribution in [0.25, 0.3) is 16.9 Å². The molecule has 0 radical (unpaired) electrons. The van der Waals surface area contributed by atoms with Gasteiger partial charge in [0.1, 0.15) is 18.0 Å². The van der Waals surface area contributed by atoms with Crippen molar-refractivity contribution in [3.63, 3.8) is 0 Å². The summed E-state index contributed by atoms with van der Waals surface area (Å²) in [5.74, 6) is 1.52. The van der Waals surface area contributed by atoms with E-state index < -0.39 is 0 Å². The Morgan fingerprint density at radius 2 is 1.74 bits per heavy atom. The predicted molar refractivity (Wildman–Crippen MR) is 151 cm³/mol. The number of hydrogen-bond acceptors (Lipinski definition) is 5. The number of rotatable bonds is 10. The lowest BCUT2D eigenvalue weighted by Crippen LogP contribution is -2.39. The number of amides is 2. The summed E-state index contributed by atoms with van der Waals surface area (Å²) in [6, 6.07) is 21.9. The number of nitrogens with zero attached hydrogens (tertiary/aromatic N) is 3. The first-order valence-corrected chi connectivity index (χ1v) is 13.0. The van der Waals surface area contributed by atoms with Crippen LogP contribution in [-0.4, -0.2) is 53.6 Å². The maximum atomic E-state index is 13.3. The molecule has 200 valence electrons. The molecule has 1 aliphatic carbocycles. The van der Waals surface area contributed by atoms with Crippen molar-refractivity contribution in [2.75, 3.05) is 32.6 Å². The Hall–Kier alpha value is -4.30. The molecule has 1 N–H and O–H groups in total. The smallest absolute Gasteiger partial charge is 0.255 e. The van der Waals surface area contributed by atoms with E-state index in [1.165, 1.54) is 0 Å². The van der Waals surface area contributed by atoms with Crippen molar-refractivity contribution in [3.05, 3.63) is 89.6 Å². The van der Waals surface area contributed by atoms with E-state index in [-0.39, 0.29) is 18.4 Å². The molecule has 1 aromatic heterocycles. The van der Waals surface area contributed by atoms with Gasteiger partial charge in [-0.05, 0) is 67.3 Å². The van der Waals surface area contributed by atoms with E-state index in [1.807, 2.05) is 54.7 Å². The van der Waals surface area contributed by atoms with Crippen LogP contribution in [0.1, 0.15) is 23.2 Å². The molecule has 0 atom stereocenters. The van der Waals surface area contributed by atoms with Gasteiger partial charge in [-0.2, -0.15) is 0 Å². The van der Waals surface area contributed by atoms with E-state index in [1.54, 1.807) is 48.0 Å². The number of nitrogens with one attached hydrogen (secondary N) is 1. The molecule has 0 unspecified atom stereocenters. The summed E-state index contributed by atoms with van der Waals surface area (Å²) >= 11 is 6.30. The third-order valence-corrected chi connectivity index (χ3v) is 6.90. The molecule has 1 saturated carbocycles. The van der Waals surface area contributed by atoms with E-state index in [4.69, 9.17) is 26.1 Å². The van der Waals surface area contributed by atoms with Crippen molar-refractivity contribution in [2.45, 2.75) is 12.8 Å². The van der Waals surface area contributed by atoms with Gasteiger partial charge < -0.3 is 14.4 Å². The summed E-state index contributed by atoms with van der Waals surface area (Å²) in [6.07, 6.45) is 3.93. The highest BCUT2D eigenvalue weighted by molar-refractivity contribution is 6.33. The average Bonchev–Trinajstić information content (AvgIpc) is 3.69. The zero-order valence-corrected chi connectivity index (χ0v) is 22.5. The van der Waals surface area contributed by atoms with E-state index in [2.05, 4.69) is 5.32 Å². The summed E-state index contributed by atoms with van der Waals surface area (Å²) in [5.41, 5.74) is 2.66. The van der Waals surface area contributed by atoms with Gasteiger partial charge in [0.25, 0.3) is 5.91 Å². The zero-order valence-electron chi connectivity index (χ0n) is 21.8. The molecule has 3 aromatic carbocycles. The Balaban J connectivity index is 1.43. The van der Waals surface area contributed by atoms with Crippen molar-refractivity contribution in [1.82, 2.24) is 14.5 Å². The standard InChI is InChI=1S/C30H29ClN4O4/c1-38-23-14-12-22(13-15-23)35-18-27(21-6-5-7-24(16-21)39-2)32-30(35)33-28(36)19-34(17-20-10-11-20)29(37)25-8-3-4-9-26(25)31/h3-9,12-16,18,20H,10-11,17,19H2,1-2H3,(H,32,33,36). The van der Waals surface area contributed by atoms with Crippen LogP contribution in [0.4, 0.5) is 5.95 Å². The fraction of sp³-hybridized carbons (Fsp3) is 0.233. The Kier molecular flexibility index (Phi) is 7.84. The number of methoxy groups -OCH3 is 2. The third-order valence-electron chi connectivity index (χ3n) is 6.57. The lowest BCUT2D eigenvalue weighted by molar-refractivity contribution is -0.117. The number of hydrogen-bond donors (Lipinski definition) is 1. The molecule has 39 heavy (non-hydrogen) atoms. The van der Waals surface area contributed by atoms with Gasteiger partial charge >= 0.3 is 0 Å². The normalized spacial score (nSPS) is 12.6. The van der Waals surface area contributed by atoms with Crippen LogP contribution >= 0.6 is 11.6 Å². The minimum absolute atomic E-state index is 0.121. The number of halogens is 1. The van der Waals surface area contributed by atoms with E-state index in [9.17, 15) is 9.59 Å². The van der Waals surface area contributed by atoms with Gasteiger partial charge in [0.2, 0.25) is 11.9 Å². The second-order valence-corrected chi connectivity index (χ2v) is 9.81. The van der Waals surface area contributed by atoms with Crippen molar-refractivity contribution in [3.8, 4) is 28.4 Å².